The summed E-state index contributed by atoms with van der Waals surface area (Å²) in [5, 5.41) is 3.45. The van der Waals surface area contributed by atoms with E-state index < -0.39 is 9.84 Å². The maximum atomic E-state index is 13.2. The number of sulfone groups is 1. The van der Waals surface area contributed by atoms with Crippen molar-refractivity contribution in [2.45, 2.75) is 16.5 Å². The summed E-state index contributed by atoms with van der Waals surface area (Å²) >= 11 is 9.61. The molecule has 1 heterocycles. The number of nitrogens with one attached hydrogen (secondary N) is 1. The van der Waals surface area contributed by atoms with E-state index in [-0.39, 0.29) is 28.2 Å². The zero-order chi connectivity index (χ0) is 21.1. The highest BCUT2D eigenvalue weighted by atomic mass is 79.9. The summed E-state index contributed by atoms with van der Waals surface area (Å²) in [6.45, 7) is 0.284. The standard InChI is InChI=1S/C22H16BrClN2O3S/c23-17-12-10-15(11-13-17)20-26-22(30(27,28)18-7-2-1-3-8-18)21(29-20)25-14-16-6-4-5-9-19(16)24/h1-13,25H,14H2. The molecule has 5 nitrogen and oxygen atoms in total. The summed E-state index contributed by atoms with van der Waals surface area (Å²) in [5.41, 5.74) is 1.47. The number of aromatic nitrogens is 1. The van der Waals surface area contributed by atoms with E-state index in [1.54, 1.807) is 36.4 Å². The molecule has 0 aliphatic carbocycles. The summed E-state index contributed by atoms with van der Waals surface area (Å²) in [5.74, 6) is 0.273. The van der Waals surface area contributed by atoms with Crippen molar-refractivity contribution in [2.24, 2.45) is 0 Å². The van der Waals surface area contributed by atoms with Crippen LogP contribution in [-0.4, -0.2) is 13.4 Å². The van der Waals surface area contributed by atoms with Gasteiger partial charge in [0.2, 0.25) is 26.6 Å². The molecule has 30 heavy (non-hydrogen) atoms. The fraction of sp³-hybridized carbons (Fsp3) is 0.0455. The number of hydrogen-bond acceptors (Lipinski definition) is 5. The fourth-order valence-corrected chi connectivity index (χ4v) is 4.61. The van der Waals surface area contributed by atoms with Gasteiger partial charge in [0.05, 0.1) is 4.90 Å². The van der Waals surface area contributed by atoms with Crippen LogP contribution in [0.3, 0.4) is 0 Å². The van der Waals surface area contributed by atoms with Gasteiger partial charge in [0.25, 0.3) is 0 Å². The number of nitrogens with zero attached hydrogens (tertiary/aromatic N) is 1. The average Bonchev–Trinajstić information content (AvgIpc) is 3.19. The molecule has 0 saturated carbocycles. The maximum absolute atomic E-state index is 13.2. The molecule has 4 rings (SSSR count). The quantitative estimate of drug-likeness (QED) is 0.339. The van der Waals surface area contributed by atoms with Crippen LogP contribution in [0.15, 0.2) is 97.7 Å². The van der Waals surface area contributed by atoms with Crippen molar-refractivity contribution in [1.82, 2.24) is 4.98 Å². The summed E-state index contributed by atoms with van der Waals surface area (Å²) in [6, 6.07) is 22.7. The van der Waals surface area contributed by atoms with Gasteiger partial charge in [-0.2, -0.15) is 4.98 Å². The lowest BCUT2D eigenvalue weighted by atomic mass is 10.2. The van der Waals surface area contributed by atoms with E-state index in [0.29, 0.717) is 10.6 Å². The Hall–Kier alpha value is -2.61. The molecule has 0 saturated heterocycles. The molecular formula is C22H16BrClN2O3S. The van der Waals surface area contributed by atoms with E-state index in [2.05, 4.69) is 26.2 Å². The minimum atomic E-state index is -3.89. The number of benzene rings is 3. The molecule has 152 valence electrons. The highest BCUT2D eigenvalue weighted by molar-refractivity contribution is 9.10. The van der Waals surface area contributed by atoms with Crippen LogP contribution in [0.4, 0.5) is 5.88 Å². The Morgan fingerprint density at radius 3 is 2.30 bits per heavy atom. The predicted octanol–water partition coefficient (Wildman–Crippen LogP) is 6.20. The zero-order valence-electron chi connectivity index (χ0n) is 15.5. The minimum Gasteiger partial charge on any atom is -0.419 e. The number of anilines is 1. The van der Waals surface area contributed by atoms with Gasteiger partial charge in [-0.15, -0.1) is 0 Å². The second kappa shape index (κ2) is 8.63. The highest BCUT2D eigenvalue weighted by Gasteiger charge is 2.28. The van der Waals surface area contributed by atoms with Gasteiger partial charge in [0, 0.05) is 21.6 Å². The van der Waals surface area contributed by atoms with E-state index in [4.69, 9.17) is 16.0 Å². The first-order valence-corrected chi connectivity index (χ1v) is 11.6. The van der Waals surface area contributed by atoms with E-state index in [9.17, 15) is 8.42 Å². The Bertz CT molecular complexity index is 1270. The fourth-order valence-electron chi connectivity index (χ4n) is 2.84. The normalized spacial score (nSPS) is 11.4. The Balaban J connectivity index is 1.77. The van der Waals surface area contributed by atoms with Crippen LogP contribution in [0.25, 0.3) is 11.5 Å². The molecule has 0 aliphatic heterocycles. The third kappa shape index (κ3) is 4.28. The molecule has 0 bridgehead atoms. The lowest BCUT2D eigenvalue weighted by Crippen LogP contribution is -2.07. The summed E-state index contributed by atoms with van der Waals surface area (Å²) in [6.07, 6.45) is 0. The number of oxazole rings is 1. The SMILES string of the molecule is O=S(=O)(c1ccccc1)c1nc(-c2ccc(Br)cc2)oc1NCc1ccccc1Cl. The number of rotatable bonds is 6. The van der Waals surface area contributed by atoms with E-state index >= 15 is 0 Å². The monoisotopic (exact) mass is 502 g/mol. The topological polar surface area (TPSA) is 72.2 Å². The molecule has 0 unspecified atom stereocenters. The van der Waals surface area contributed by atoms with Crippen molar-refractivity contribution >= 4 is 43.3 Å². The lowest BCUT2D eigenvalue weighted by Gasteiger charge is -2.07. The molecule has 0 spiro atoms. The van der Waals surface area contributed by atoms with Gasteiger partial charge >= 0.3 is 0 Å². The van der Waals surface area contributed by atoms with Crippen molar-refractivity contribution < 1.29 is 12.8 Å². The molecule has 1 N–H and O–H groups in total. The maximum Gasteiger partial charge on any atom is 0.234 e. The van der Waals surface area contributed by atoms with Gasteiger partial charge < -0.3 is 9.73 Å². The van der Waals surface area contributed by atoms with Crippen molar-refractivity contribution in [1.29, 1.82) is 0 Å². The van der Waals surface area contributed by atoms with Gasteiger partial charge in [-0.25, -0.2) is 8.42 Å². The Kier molecular flexibility index (Phi) is 5.94. The van der Waals surface area contributed by atoms with Gasteiger partial charge in [0.15, 0.2) is 0 Å². The number of hydrogen-bond donors (Lipinski definition) is 1. The largest absolute Gasteiger partial charge is 0.419 e. The minimum absolute atomic E-state index is 0.0664. The predicted molar refractivity (Wildman–Crippen MR) is 120 cm³/mol. The van der Waals surface area contributed by atoms with Gasteiger partial charge in [-0.3, -0.25) is 0 Å². The zero-order valence-corrected chi connectivity index (χ0v) is 18.7. The summed E-state index contributed by atoms with van der Waals surface area (Å²) < 4.78 is 33.2. The molecule has 0 amide bonds. The first kappa shape index (κ1) is 20.7. The van der Waals surface area contributed by atoms with Crippen LogP contribution in [-0.2, 0) is 16.4 Å². The smallest absolute Gasteiger partial charge is 0.234 e. The molecular weight excluding hydrogens is 488 g/mol. The van der Waals surface area contributed by atoms with E-state index in [0.717, 1.165) is 10.0 Å². The molecule has 0 aliphatic rings. The highest BCUT2D eigenvalue weighted by Crippen LogP contribution is 2.33. The Labute approximate surface area is 187 Å². The molecule has 0 atom stereocenters. The molecule has 0 radical (unpaired) electrons. The third-order valence-electron chi connectivity index (χ3n) is 4.39. The van der Waals surface area contributed by atoms with Crippen LogP contribution in [0.5, 0.6) is 0 Å². The van der Waals surface area contributed by atoms with Crippen LogP contribution >= 0.6 is 27.5 Å². The van der Waals surface area contributed by atoms with Gasteiger partial charge in [-0.05, 0) is 48.0 Å². The summed E-state index contributed by atoms with van der Waals surface area (Å²) in [7, 11) is -3.89. The van der Waals surface area contributed by atoms with Crippen LogP contribution in [0.2, 0.25) is 5.02 Å². The van der Waals surface area contributed by atoms with Crippen molar-refractivity contribution in [3.63, 3.8) is 0 Å². The number of halogens is 2. The summed E-state index contributed by atoms with van der Waals surface area (Å²) in [4.78, 5) is 4.47. The molecule has 4 aromatic rings. The van der Waals surface area contributed by atoms with Gasteiger partial charge in [0.1, 0.15) is 0 Å². The van der Waals surface area contributed by atoms with Crippen molar-refractivity contribution in [3.05, 3.63) is 93.9 Å². The lowest BCUT2D eigenvalue weighted by molar-refractivity contribution is 0.576. The molecule has 8 heteroatoms. The van der Waals surface area contributed by atoms with Crippen molar-refractivity contribution in [3.8, 4) is 11.5 Å². The third-order valence-corrected chi connectivity index (χ3v) is 6.97. The molecule has 3 aromatic carbocycles. The Morgan fingerprint density at radius 2 is 1.60 bits per heavy atom. The molecule has 1 aromatic heterocycles. The van der Waals surface area contributed by atoms with Crippen LogP contribution < -0.4 is 5.32 Å². The average molecular weight is 504 g/mol. The van der Waals surface area contributed by atoms with Crippen LogP contribution in [0.1, 0.15) is 5.56 Å². The molecule has 0 fully saturated rings. The Morgan fingerprint density at radius 1 is 0.933 bits per heavy atom. The van der Waals surface area contributed by atoms with Crippen molar-refractivity contribution in [2.75, 3.05) is 5.32 Å². The second-order valence-corrected chi connectivity index (χ2v) is 9.61. The van der Waals surface area contributed by atoms with Crippen LogP contribution in [0, 0.1) is 0 Å². The van der Waals surface area contributed by atoms with E-state index in [1.807, 2.05) is 30.3 Å². The first-order valence-electron chi connectivity index (χ1n) is 8.99. The van der Waals surface area contributed by atoms with E-state index in [1.165, 1.54) is 12.1 Å². The first-order chi connectivity index (χ1) is 14.4. The second-order valence-electron chi connectivity index (χ2n) is 6.42. The van der Waals surface area contributed by atoms with Gasteiger partial charge in [-0.1, -0.05) is 63.9 Å².